The Balaban J connectivity index is 1.57. The summed E-state index contributed by atoms with van der Waals surface area (Å²) in [7, 11) is 0. The molecule has 1 atom stereocenters. The van der Waals surface area contributed by atoms with Gasteiger partial charge in [-0.3, -0.25) is 0 Å². The van der Waals surface area contributed by atoms with E-state index in [2.05, 4.69) is 21.2 Å². The minimum atomic E-state index is -0.0294. The Labute approximate surface area is 176 Å². The topological polar surface area (TPSA) is 64.5 Å². The Morgan fingerprint density at radius 2 is 1.69 bits per heavy atom. The molecule has 0 spiro atoms. The number of aliphatic hydroxyl groups is 1. The van der Waals surface area contributed by atoms with E-state index in [1.807, 2.05) is 49.4 Å². The minimum Gasteiger partial charge on any atom is -0.394 e. The number of nitrogens with one attached hydrogen (secondary N) is 1. The highest BCUT2D eigenvalue weighted by atomic mass is 35.5. The molecule has 1 saturated heterocycles. The summed E-state index contributed by atoms with van der Waals surface area (Å²) in [5.74, 6) is 1.50. The predicted octanol–water partition coefficient (Wildman–Crippen LogP) is 3.79. The van der Waals surface area contributed by atoms with Crippen molar-refractivity contribution in [3.8, 4) is 0 Å². The molecule has 3 aromatic rings. The van der Waals surface area contributed by atoms with Gasteiger partial charge < -0.3 is 20.2 Å². The summed E-state index contributed by atoms with van der Waals surface area (Å²) in [5, 5.41) is 14.7. The minimum absolute atomic E-state index is 0.0294. The van der Waals surface area contributed by atoms with E-state index in [1.54, 1.807) is 0 Å². The van der Waals surface area contributed by atoms with Gasteiger partial charge in [-0.05, 0) is 30.7 Å². The lowest BCUT2D eigenvalue weighted by Crippen LogP contribution is -2.47. The summed E-state index contributed by atoms with van der Waals surface area (Å²) in [6.07, 6.45) is 0.820. The lowest BCUT2D eigenvalue weighted by atomic mass is 10.2. The van der Waals surface area contributed by atoms with Crippen molar-refractivity contribution in [3.05, 3.63) is 53.6 Å². The molecule has 0 saturated carbocycles. The van der Waals surface area contributed by atoms with Crippen molar-refractivity contribution in [3.63, 3.8) is 0 Å². The lowest BCUT2D eigenvalue weighted by molar-refractivity contribution is 0.271. The molecule has 1 unspecified atom stereocenters. The monoisotopic (exact) mass is 411 g/mol. The Morgan fingerprint density at radius 1 is 1.00 bits per heavy atom. The van der Waals surface area contributed by atoms with E-state index in [0.717, 1.165) is 66.0 Å². The number of hydrogen-bond acceptors (Lipinski definition) is 6. The van der Waals surface area contributed by atoms with Crippen LogP contribution in [0, 0.1) is 0 Å². The quantitative estimate of drug-likeness (QED) is 0.643. The smallest absolute Gasteiger partial charge is 0.228 e. The molecule has 2 heterocycles. The average Bonchev–Trinajstić information content (AvgIpc) is 2.77. The van der Waals surface area contributed by atoms with Crippen LogP contribution in [0.15, 0.2) is 48.5 Å². The molecule has 1 aromatic heterocycles. The summed E-state index contributed by atoms with van der Waals surface area (Å²) in [4.78, 5) is 14.1. The molecular formula is C22H26ClN5O. The molecule has 4 rings (SSSR count). The largest absolute Gasteiger partial charge is 0.394 e. The summed E-state index contributed by atoms with van der Waals surface area (Å²) in [5.41, 5.74) is 1.98. The SMILES string of the molecule is CCC(CO)Nc1nc(N2CCN(c3ccccc3Cl)CC2)nc2ccccc12. The van der Waals surface area contributed by atoms with Crippen LogP contribution in [0.25, 0.3) is 10.9 Å². The molecule has 7 heteroatoms. The Hall–Kier alpha value is -2.57. The van der Waals surface area contributed by atoms with Crippen molar-refractivity contribution in [1.29, 1.82) is 0 Å². The van der Waals surface area contributed by atoms with E-state index >= 15 is 0 Å². The van der Waals surface area contributed by atoms with Gasteiger partial charge in [0.1, 0.15) is 5.82 Å². The highest BCUT2D eigenvalue weighted by Crippen LogP contribution is 2.28. The first-order valence-corrected chi connectivity index (χ1v) is 10.5. The predicted molar refractivity (Wildman–Crippen MR) is 120 cm³/mol. The number of halogens is 1. The fourth-order valence-corrected chi connectivity index (χ4v) is 3.90. The zero-order chi connectivity index (χ0) is 20.2. The van der Waals surface area contributed by atoms with Gasteiger partial charge in [-0.15, -0.1) is 0 Å². The second-order valence-corrected chi connectivity index (χ2v) is 7.65. The summed E-state index contributed by atoms with van der Waals surface area (Å²) in [6.45, 7) is 5.47. The maximum atomic E-state index is 9.60. The fraction of sp³-hybridized carbons (Fsp3) is 0.364. The molecule has 1 fully saturated rings. The summed E-state index contributed by atoms with van der Waals surface area (Å²) < 4.78 is 0. The van der Waals surface area contributed by atoms with Crippen molar-refractivity contribution in [2.45, 2.75) is 19.4 Å². The number of rotatable bonds is 6. The Bertz CT molecular complexity index is 970. The highest BCUT2D eigenvalue weighted by molar-refractivity contribution is 6.33. The molecule has 1 aliphatic heterocycles. The fourth-order valence-electron chi connectivity index (χ4n) is 3.64. The van der Waals surface area contributed by atoms with Crippen LogP contribution >= 0.6 is 11.6 Å². The molecule has 6 nitrogen and oxygen atoms in total. The molecule has 152 valence electrons. The molecule has 2 aromatic carbocycles. The van der Waals surface area contributed by atoms with Gasteiger partial charge in [0.2, 0.25) is 5.95 Å². The number of piperazine rings is 1. The van der Waals surface area contributed by atoms with Crippen molar-refractivity contribution >= 4 is 40.0 Å². The third kappa shape index (κ3) is 4.23. The van der Waals surface area contributed by atoms with Crippen LogP contribution in [0.4, 0.5) is 17.5 Å². The molecule has 29 heavy (non-hydrogen) atoms. The van der Waals surface area contributed by atoms with Crippen LogP contribution in [0.3, 0.4) is 0 Å². The van der Waals surface area contributed by atoms with E-state index in [9.17, 15) is 5.11 Å². The second kappa shape index (κ2) is 8.84. The van der Waals surface area contributed by atoms with E-state index in [1.165, 1.54) is 0 Å². The number of anilines is 3. The van der Waals surface area contributed by atoms with E-state index < -0.39 is 0 Å². The van der Waals surface area contributed by atoms with E-state index in [-0.39, 0.29) is 12.6 Å². The lowest BCUT2D eigenvalue weighted by Gasteiger charge is -2.36. The molecule has 0 bridgehead atoms. The summed E-state index contributed by atoms with van der Waals surface area (Å²) >= 11 is 6.36. The first-order chi connectivity index (χ1) is 14.2. The van der Waals surface area contributed by atoms with Crippen molar-refractivity contribution in [2.75, 3.05) is 47.9 Å². The number of benzene rings is 2. The first kappa shape index (κ1) is 19.7. The second-order valence-electron chi connectivity index (χ2n) is 7.25. The van der Waals surface area contributed by atoms with E-state index in [4.69, 9.17) is 21.6 Å². The van der Waals surface area contributed by atoms with Crippen LogP contribution in [-0.4, -0.2) is 53.9 Å². The number of fused-ring (bicyclic) bond motifs is 1. The molecule has 1 aliphatic rings. The third-order valence-corrected chi connectivity index (χ3v) is 5.72. The number of aliphatic hydroxyl groups excluding tert-OH is 1. The van der Waals surface area contributed by atoms with Gasteiger partial charge in [-0.2, -0.15) is 4.98 Å². The van der Waals surface area contributed by atoms with Crippen LogP contribution in [-0.2, 0) is 0 Å². The first-order valence-electron chi connectivity index (χ1n) is 10.1. The van der Waals surface area contributed by atoms with Crippen LogP contribution < -0.4 is 15.1 Å². The van der Waals surface area contributed by atoms with Gasteiger partial charge in [0.15, 0.2) is 0 Å². The van der Waals surface area contributed by atoms with Crippen molar-refractivity contribution in [1.82, 2.24) is 9.97 Å². The van der Waals surface area contributed by atoms with Gasteiger partial charge in [0, 0.05) is 31.6 Å². The number of para-hydroxylation sites is 2. The maximum absolute atomic E-state index is 9.60. The standard InChI is InChI=1S/C22H26ClN5O/c1-2-16(15-29)24-21-17-7-3-5-9-19(17)25-22(26-21)28-13-11-27(12-14-28)20-10-6-4-8-18(20)23/h3-10,16,29H,2,11-15H2,1H3,(H,24,25,26). The molecule has 0 aliphatic carbocycles. The maximum Gasteiger partial charge on any atom is 0.228 e. The zero-order valence-corrected chi connectivity index (χ0v) is 17.3. The third-order valence-electron chi connectivity index (χ3n) is 5.40. The van der Waals surface area contributed by atoms with Gasteiger partial charge in [-0.25, -0.2) is 4.98 Å². The average molecular weight is 412 g/mol. The Morgan fingerprint density at radius 3 is 2.41 bits per heavy atom. The van der Waals surface area contributed by atoms with Gasteiger partial charge in [-0.1, -0.05) is 42.8 Å². The van der Waals surface area contributed by atoms with Crippen molar-refractivity contribution in [2.24, 2.45) is 0 Å². The van der Waals surface area contributed by atoms with E-state index in [0.29, 0.717) is 0 Å². The van der Waals surface area contributed by atoms with Gasteiger partial charge in [0.25, 0.3) is 0 Å². The number of nitrogens with zero attached hydrogens (tertiary/aromatic N) is 4. The van der Waals surface area contributed by atoms with Gasteiger partial charge >= 0.3 is 0 Å². The normalized spacial score (nSPS) is 15.6. The molecule has 0 radical (unpaired) electrons. The molecule has 2 N–H and O–H groups in total. The van der Waals surface area contributed by atoms with Crippen LogP contribution in [0.5, 0.6) is 0 Å². The number of hydrogen-bond donors (Lipinski definition) is 2. The van der Waals surface area contributed by atoms with Gasteiger partial charge in [0.05, 0.1) is 28.9 Å². The summed E-state index contributed by atoms with van der Waals surface area (Å²) in [6, 6.07) is 15.9. The van der Waals surface area contributed by atoms with Crippen LogP contribution in [0.2, 0.25) is 5.02 Å². The highest BCUT2D eigenvalue weighted by Gasteiger charge is 2.22. The van der Waals surface area contributed by atoms with Crippen molar-refractivity contribution < 1.29 is 5.11 Å². The molecule has 0 amide bonds. The molecular weight excluding hydrogens is 386 g/mol. The van der Waals surface area contributed by atoms with Crippen LogP contribution in [0.1, 0.15) is 13.3 Å². The Kier molecular flexibility index (Phi) is 6.02. The zero-order valence-electron chi connectivity index (χ0n) is 16.6. The number of aromatic nitrogens is 2.